The Kier molecular flexibility index (Phi) is 5.32. The number of anilines is 1. The van der Waals surface area contributed by atoms with Crippen molar-refractivity contribution in [3.63, 3.8) is 0 Å². The Labute approximate surface area is 134 Å². The molecule has 23 heavy (non-hydrogen) atoms. The van der Waals surface area contributed by atoms with Crippen molar-refractivity contribution in [2.45, 2.75) is 0 Å². The van der Waals surface area contributed by atoms with Crippen LogP contribution in [0.3, 0.4) is 0 Å². The first-order valence-corrected chi connectivity index (χ1v) is 8.24. The molecule has 0 aliphatic rings. The lowest BCUT2D eigenvalue weighted by Gasteiger charge is -2.05. The number of rotatable bonds is 6. The number of benzene rings is 2. The van der Waals surface area contributed by atoms with Crippen molar-refractivity contribution in [3.8, 4) is 0 Å². The fourth-order valence-electron chi connectivity index (χ4n) is 1.80. The maximum absolute atomic E-state index is 12.0. The quantitative estimate of drug-likeness (QED) is 0.820. The molecular weight excluding hydrogens is 314 g/mol. The summed E-state index contributed by atoms with van der Waals surface area (Å²) in [4.78, 5) is 10.4. The Balaban J connectivity index is 2.13. The topological polar surface area (TPSA) is 86.3 Å². The van der Waals surface area contributed by atoms with Crippen molar-refractivity contribution in [1.82, 2.24) is 0 Å². The highest BCUT2D eigenvalue weighted by molar-refractivity contribution is 7.95. The number of nitrogens with one attached hydrogen (secondary N) is 1. The third-order valence-electron chi connectivity index (χ3n) is 2.80. The van der Waals surface area contributed by atoms with E-state index in [-0.39, 0.29) is 0 Å². The standard InChI is InChI=1S/C17H15NO4S/c19-17(20)10-9-15-7-4-8-16(13-15)18-23(21,22)12-11-14-5-2-1-3-6-14/h1-13,18H,(H,19,20)/p-1. The second-order valence-corrected chi connectivity index (χ2v) is 6.20. The molecule has 0 radical (unpaired) electrons. The number of aliphatic carboxylic acids is 1. The normalized spacial score (nSPS) is 11.8. The van der Waals surface area contributed by atoms with E-state index >= 15 is 0 Å². The molecule has 0 heterocycles. The second kappa shape index (κ2) is 7.42. The third-order valence-corrected chi connectivity index (χ3v) is 3.81. The lowest BCUT2D eigenvalue weighted by atomic mass is 10.2. The summed E-state index contributed by atoms with van der Waals surface area (Å²) in [5.74, 6) is -1.32. The van der Waals surface area contributed by atoms with E-state index in [4.69, 9.17) is 0 Å². The van der Waals surface area contributed by atoms with E-state index in [1.54, 1.807) is 30.3 Å². The van der Waals surface area contributed by atoms with Gasteiger partial charge in [0.25, 0.3) is 10.0 Å². The molecule has 0 bridgehead atoms. The van der Waals surface area contributed by atoms with Crippen LogP contribution >= 0.6 is 0 Å². The summed E-state index contributed by atoms with van der Waals surface area (Å²) in [5.41, 5.74) is 1.65. The van der Waals surface area contributed by atoms with Gasteiger partial charge < -0.3 is 9.90 Å². The van der Waals surface area contributed by atoms with Crippen LogP contribution in [0.2, 0.25) is 0 Å². The number of carboxylic acid groups (broad SMARTS) is 1. The average Bonchev–Trinajstić information content (AvgIpc) is 2.52. The van der Waals surface area contributed by atoms with E-state index in [1.807, 2.05) is 18.2 Å². The van der Waals surface area contributed by atoms with E-state index in [0.29, 0.717) is 11.3 Å². The molecule has 6 heteroatoms. The minimum atomic E-state index is -3.66. The van der Waals surface area contributed by atoms with Gasteiger partial charge >= 0.3 is 0 Å². The largest absolute Gasteiger partial charge is 0.545 e. The van der Waals surface area contributed by atoms with Crippen LogP contribution in [-0.2, 0) is 14.8 Å². The molecule has 0 aliphatic carbocycles. The summed E-state index contributed by atoms with van der Waals surface area (Å²) in [6, 6.07) is 15.4. The van der Waals surface area contributed by atoms with Crippen LogP contribution in [0, 0.1) is 0 Å². The fraction of sp³-hybridized carbons (Fsp3) is 0. The molecule has 0 amide bonds. The first kappa shape index (κ1) is 16.5. The Morgan fingerprint density at radius 3 is 2.35 bits per heavy atom. The molecule has 1 N–H and O–H groups in total. The maximum Gasteiger partial charge on any atom is 0.255 e. The lowest BCUT2D eigenvalue weighted by molar-refractivity contribution is -0.297. The van der Waals surface area contributed by atoms with Crippen LogP contribution in [0.5, 0.6) is 0 Å². The monoisotopic (exact) mass is 328 g/mol. The Morgan fingerprint density at radius 1 is 0.957 bits per heavy atom. The first-order chi connectivity index (χ1) is 10.9. The van der Waals surface area contributed by atoms with Gasteiger partial charge in [-0.05, 0) is 35.4 Å². The number of carboxylic acids is 1. The van der Waals surface area contributed by atoms with Crippen LogP contribution in [-0.4, -0.2) is 14.4 Å². The van der Waals surface area contributed by atoms with Crippen LogP contribution in [0.15, 0.2) is 66.1 Å². The van der Waals surface area contributed by atoms with Gasteiger partial charge in [0.05, 0.1) is 11.4 Å². The molecule has 2 rings (SSSR count). The Bertz CT molecular complexity index is 840. The van der Waals surface area contributed by atoms with Crippen molar-refractivity contribution >= 4 is 33.8 Å². The van der Waals surface area contributed by atoms with Gasteiger partial charge in [-0.3, -0.25) is 4.72 Å². The molecule has 0 spiro atoms. The molecular formula is C17H14NO4S-. The van der Waals surface area contributed by atoms with Crippen LogP contribution in [0.4, 0.5) is 5.69 Å². The molecule has 2 aromatic rings. The molecule has 0 atom stereocenters. The van der Waals surface area contributed by atoms with Gasteiger partial charge in [-0.15, -0.1) is 0 Å². The SMILES string of the molecule is O=C([O-])C=Cc1cccc(NS(=O)(=O)C=Cc2ccccc2)c1. The van der Waals surface area contributed by atoms with Crippen LogP contribution in [0.25, 0.3) is 12.2 Å². The van der Waals surface area contributed by atoms with E-state index in [0.717, 1.165) is 17.0 Å². The Hall–Kier alpha value is -2.86. The summed E-state index contributed by atoms with van der Waals surface area (Å²) in [6.07, 6.45) is 3.69. The molecule has 0 saturated carbocycles. The fourth-order valence-corrected chi connectivity index (χ4v) is 2.66. The van der Waals surface area contributed by atoms with E-state index in [1.165, 1.54) is 18.2 Å². The smallest absolute Gasteiger partial charge is 0.255 e. The molecule has 118 valence electrons. The lowest BCUT2D eigenvalue weighted by Crippen LogP contribution is -2.18. The highest BCUT2D eigenvalue weighted by Gasteiger charge is 2.05. The number of carbonyl (C=O) groups excluding carboxylic acids is 1. The zero-order valence-corrected chi connectivity index (χ0v) is 12.9. The van der Waals surface area contributed by atoms with Crippen LogP contribution < -0.4 is 9.83 Å². The molecule has 0 fully saturated rings. The van der Waals surface area contributed by atoms with Gasteiger partial charge in [0.1, 0.15) is 0 Å². The van der Waals surface area contributed by atoms with Crippen molar-refractivity contribution in [2.24, 2.45) is 0 Å². The molecule has 0 aliphatic heterocycles. The van der Waals surface area contributed by atoms with Crippen molar-refractivity contribution in [1.29, 1.82) is 0 Å². The zero-order chi connectivity index (χ0) is 16.7. The van der Waals surface area contributed by atoms with Crippen molar-refractivity contribution in [2.75, 3.05) is 4.72 Å². The number of hydrogen-bond acceptors (Lipinski definition) is 4. The summed E-state index contributed by atoms with van der Waals surface area (Å²) in [7, 11) is -3.66. The molecule has 0 unspecified atom stereocenters. The van der Waals surface area contributed by atoms with Gasteiger partial charge in [0.2, 0.25) is 0 Å². The van der Waals surface area contributed by atoms with Gasteiger partial charge in [0.15, 0.2) is 0 Å². The second-order valence-electron chi connectivity index (χ2n) is 4.64. The number of carbonyl (C=O) groups is 1. The molecule has 0 aromatic heterocycles. The van der Waals surface area contributed by atoms with Gasteiger partial charge in [0, 0.05) is 5.69 Å². The predicted molar refractivity (Wildman–Crippen MR) is 88.5 cm³/mol. The van der Waals surface area contributed by atoms with Gasteiger partial charge in [-0.25, -0.2) is 8.42 Å². The summed E-state index contributed by atoms with van der Waals surface area (Å²) >= 11 is 0. The first-order valence-electron chi connectivity index (χ1n) is 6.70. The minimum absolute atomic E-state index is 0.336. The predicted octanol–water partition coefficient (Wildman–Crippen LogP) is 1.86. The molecule has 2 aromatic carbocycles. The van der Waals surface area contributed by atoms with Gasteiger partial charge in [-0.1, -0.05) is 48.5 Å². The highest BCUT2D eigenvalue weighted by Crippen LogP contribution is 2.14. The summed E-state index contributed by atoms with van der Waals surface area (Å²) in [6.45, 7) is 0. The van der Waals surface area contributed by atoms with Crippen molar-refractivity contribution < 1.29 is 18.3 Å². The average molecular weight is 328 g/mol. The summed E-state index contributed by atoms with van der Waals surface area (Å²) < 4.78 is 26.5. The molecule has 5 nitrogen and oxygen atoms in total. The van der Waals surface area contributed by atoms with Crippen molar-refractivity contribution in [3.05, 3.63) is 77.2 Å². The van der Waals surface area contributed by atoms with Gasteiger partial charge in [-0.2, -0.15) is 0 Å². The maximum atomic E-state index is 12.0. The number of sulfonamides is 1. The highest BCUT2D eigenvalue weighted by atomic mass is 32.2. The van der Waals surface area contributed by atoms with Crippen LogP contribution in [0.1, 0.15) is 11.1 Å². The Morgan fingerprint density at radius 2 is 1.65 bits per heavy atom. The number of hydrogen-bond donors (Lipinski definition) is 1. The zero-order valence-electron chi connectivity index (χ0n) is 12.0. The van der Waals surface area contributed by atoms with E-state index in [9.17, 15) is 18.3 Å². The van der Waals surface area contributed by atoms with E-state index < -0.39 is 16.0 Å². The van der Waals surface area contributed by atoms with E-state index in [2.05, 4.69) is 4.72 Å². The molecule has 0 saturated heterocycles. The third kappa shape index (κ3) is 5.80. The summed E-state index contributed by atoms with van der Waals surface area (Å²) in [5, 5.41) is 11.5. The minimum Gasteiger partial charge on any atom is -0.545 e.